The Kier molecular flexibility index (Phi) is 5.88. The summed E-state index contributed by atoms with van der Waals surface area (Å²) < 4.78 is 5.41. The van der Waals surface area contributed by atoms with Gasteiger partial charge in [-0.25, -0.2) is 0 Å². The van der Waals surface area contributed by atoms with E-state index in [0.717, 1.165) is 35.5 Å². The first kappa shape index (κ1) is 18.4. The van der Waals surface area contributed by atoms with E-state index in [1.165, 1.54) is 0 Å². The second-order valence-electron chi connectivity index (χ2n) is 6.48. The fraction of sp³-hybridized carbons (Fsp3) is 0.350. The predicted octanol–water partition coefficient (Wildman–Crippen LogP) is 1.62. The number of benzene rings is 2. The van der Waals surface area contributed by atoms with Crippen LogP contribution in [0.3, 0.4) is 0 Å². The van der Waals surface area contributed by atoms with Crippen LogP contribution in [0, 0.1) is 5.92 Å². The first-order valence-corrected chi connectivity index (χ1v) is 8.77. The average Bonchev–Trinajstić information content (AvgIpc) is 2.68. The number of carboxylic acids is 1. The number of carboxylic acid groups (broad SMARTS) is 1. The van der Waals surface area contributed by atoms with E-state index in [4.69, 9.17) is 10.5 Å². The van der Waals surface area contributed by atoms with Crippen molar-refractivity contribution in [2.75, 3.05) is 26.7 Å². The number of nitrogens with one attached hydrogen (secondary N) is 2. The van der Waals surface area contributed by atoms with Gasteiger partial charge in [-0.2, -0.15) is 0 Å². The maximum atomic E-state index is 11.8. The number of para-hydroxylation sites is 1. The molecule has 2 aromatic rings. The Hall–Kier alpha value is -2.41. The molecule has 0 radical (unpaired) electrons. The Balaban J connectivity index is 1.83. The van der Waals surface area contributed by atoms with E-state index in [0.29, 0.717) is 6.54 Å². The first-order valence-electron chi connectivity index (χ1n) is 8.77. The van der Waals surface area contributed by atoms with Crippen molar-refractivity contribution in [1.82, 2.24) is 10.6 Å². The van der Waals surface area contributed by atoms with Gasteiger partial charge in [0.2, 0.25) is 0 Å². The molecular formula is C20H25N3O3. The van der Waals surface area contributed by atoms with E-state index in [-0.39, 0.29) is 6.04 Å². The summed E-state index contributed by atoms with van der Waals surface area (Å²) in [6.45, 7) is 2.18. The summed E-state index contributed by atoms with van der Waals surface area (Å²) in [6.07, 6.45) is 0. The molecule has 6 heteroatoms. The Labute approximate surface area is 153 Å². The van der Waals surface area contributed by atoms with Crippen molar-refractivity contribution in [3.8, 4) is 16.9 Å². The zero-order chi connectivity index (χ0) is 18.5. The van der Waals surface area contributed by atoms with Crippen LogP contribution in [0.2, 0.25) is 0 Å². The number of hydrogen-bond acceptors (Lipinski definition) is 5. The highest BCUT2D eigenvalue weighted by Crippen LogP contribution is 2.31. The molecule has 0 bridgehead atoms. The quantitative estimate of drug-likeness (QED) is 0.629. The third-order valence-electron chi connectivity index (χ3n) is 4.89. The van der Waals surface area contributed by atoms with Crippen LogP contribution < -0.4 is 21.1 Å². The summed E-state index contributed by atoms with van der Waals surface area (Å²) in [5.74, 6) is -0.780. The monoisotopic (exact) mass is 355 g/mol. The summed E-state index contributed by atoms with van der Waals surface area (Å²) in [5, 5.41) is 16.2. The molecule has 3 atom stereocenters. The van der Waals surface area contributed by atoms with Gasteiger partial charge in [0.25, 0.3) is 0 Å². The maximum Gasteiger partial charge on any atom is 0.310 e. The highest BCUT2D eigenvalue weighted by molar-refractivity contribution is 5.73. The topological polar surface area (TPSA) is 96.6 Å². The Morgan fingerprint density at radius 2 is 1.92 bits per heavy atom. The van der Waals surface area contributed by atoms with Gasteiger partial charge in [-0.1, -0.05) is 42.5 Å². The molecular weight excluding hydrogens is 330 g/mol. The Morgan fingerprint density at radius 3 is 2.54 bits per heavy atom. The number of carbonyl (C=O) groups is 1. The van der Waals surface area contributed by atoms with Crippen LogP contribution in [0.25, 0.3) is 11.1 Å². The zero-order valence-corrected chi connectivity index (χ0v) is 14.8. The van der Waals surface area contributed by atoms with Crippen LogP contribution in [0.15, 0.2) is 48.5 Å². The van der Waals surface area contributed by atoms with Gasteiger partial charge in [-0.05, 0) is 17.2 Å². The minimum atomic E-state index is -0.882. The summed E-state index contributed by atoms with van der Waals surface area (Å²) in [5.41, 5.74) is 9.14. The number of piperazine rings is 1. The van der Waals surface area contributed by atoms with E-state index in [1.807, 2.05) is 48.5 Å². The first-order chi connectivity index (χ1) is 12.6. The van der Waals surface area contributed by atoms with Crippen molar-refractivity contribution in [1.29, 1.82) is 0 Å². The van der Waals surface area contributed by atoms with Crippen LogP contribution in [0.4, 0.5) is 0 Å². The normalized spacial score (nSPS) is 19.5. The average molecular weight is 355 g/mol. The van der Waals surface area contributed by atoms with Crippen molar-refractivity contribution in [2.24, 2.45) is 11.7 Å². The molecule has 138 valence electrons. The second-order valence-corrected chi connectivity index (χ2v) is 6.48. The molecule has 1 heterocycles. The highest BCUT2D eigenvalue weighted by Gasteiger charge is 2.35. The molecule has 0 aromatic heterocycles. The van der Waals surface area contributed by atoms with Gasteiger partial charge in [0.05, 0.1) is 13.0 Å². The van der Waals surface area contributed by atoms with Crippen molar-refractivity contribution in [3.05, 3.63) is 54.1 Å². The lowest BCUT2D eigenvalue weighted by atomic mass is 9.86. The van der Waals surface area contributed by atoms with Crippen molar-refractivity contribution in [2.45, 2.75) is 12.1 Å². The standard InChI is InChI=1S/C20H25N3O3/c1-26-17-5-3-2-4-15(17)13-6-8-14(9-7-13)19(21)18(20(24)25)16-12-22-10-11-23-16/h2-9,16,18-19,22-23H,10-12,21H2,1H3,(H,24,25)/t16-,18?,19-/m0/s1. The largest absolute Gasteiger partial charge is 0.496 e. The molecule has 2 aromatic carbocycles. The third-order valence-corrected chi connectivity index (χ3v) is 4.89. The number of aliphatic carboxylic acids is 1. The number of rotatable bonds is 6. The molecule has 0 amide bonds. The summed E-state index contributed by atoms with van der Waals surface area (Å²) in [6, 6.07) is 14.7. The molecule has 0 spiro atoms. The van der Waals surface area contributed by atoms with E-state index < -0.39 is 17.9 Å². The number of ether oxygens (including phenoxy) is 1. The van der Waals surface area contributed by atoms with Crippen LogP contribution in [-0.2, 0) is 4.79 Å². The van der Waals surface area contributed by atoms with Crippen LogP contribution >= 0.6 is 0 Å². The maximum absolute atomic E-state index is 11.8. The van der Waals surface area contributed by atoms with Crippen LogP contribution in [-0.4, -0.2) is 43.9 Å². The lowest BCUT2D eigenvalue weighted by Crippen LogP contribution is -2.55. The number of hydrogen-bond donors (Lipinski definition) is 4. The minimum absolute atomic E-state index is 0.190. The summed E-state index contributed by atoms with van der Waals surface area (Å²) >= 11 is 0. The molecule has 0 saturated carbocycles. The molecule has 1 aliphatic heterocycles. The molecule has 1 saturated heterocycles. The predicted molar refractivity (Wildman–Crippen MR) is 101 cm³/mol. The lowest BCUT2D eigenvalue weighted by Gasteiger charge is -2.33. The van der Waals surface area contributed by atoms with E-state index in [1.54, 1.807) is 7.11 Å². The van der Waals surface area contributed by atoms with Gasteiger partial charge in [0, 0.05) is 37.3 Å². The summed E-state index contributed by atoms with van der Waals surface area (Å²) in [7, 11) is 1.64. The fourth-order valence-electron chi connectivity index (χ4n) is 3.48. The fourth-order valence-corrected chi connectivity index (χ4v) is 3.48. The van der Waals surface area contributed by atoms with E-state index in [9.17, 15) is 9.90 Å². The molecule has 1 aliphatic rings. The molecule has 5 N–H and O–H groups in total. The smallest absolute Gasteiger partial charge is 0.310 e. The van der Waals surface area contributed by atoms with Gasteiger partial charge >= 0.3 is 5.97 Å². The second kappa shape index (κ2) is 8.31. The van der Waals surface area contributed by atoms with Crippen LogP contribution in [0.5, 0.6) is 5.75 Å². The molecule has 1 fully saturated rings. The zero-order valence-electron chi connectivity index (χ0n) is 14.8. The van der Waals surface area contributed by atoms with E-state index >= 15 is 0 Å². The SMILES string of the molecule is COc1ccccc1-c1ccc([C@H](N)C(C(=O)O)[C@@H]2CNCCN2)cc1. The molecule has 0 aliphatic carbocycles. The van der Waals surface area contributed by atoms with Crippen LogP contribution in [0.1, 0.15) is 11.6 Å². The van der Waals surface area contributed by atoms with Gasteiger partial charge in [-0.3, -0.25) is 4.79 Å². The van der Waals surface area contributed by atoms with Crippen molar-refractivity contribution in [3.63, 3.8) is 0 Å². The lowest BCUT2D eigenvalue weighted by molar-refractivity contribution is -0.143. The molecule has 1 unspecified atom stereocenters. The van der Waals surface area contributed by atoms with E-state index in [2.05, 4.69) is 10.6 Å². The van der Waals surface area contributed by atoms with Gasteiger partial charge in [0.1, 0.15) is 5.75 Å². The number of methoxy groups -OCH3 is 1. The molecule has 3 rings (SSSR count). The van der Waals surface area contributed by atoms with Crippen molar-refractivity contribution < 1.29 is 14.6 Å². The van der Waals surface area contributed by atoms with Crippen molar-refractivity contribution >= 4 is 5.97 Å². The van der Waals surface area contributed by atoms with Gasteiger partial charge in [-0.15, -0.1) is 0 Å². The molecule has 26 heavy (non-hydrogen) atoms. The third kappa shape index (κ3) is 3.88. The van der Waals surface area contributed by atoms with Gasteiger partial charge in [0.15, 0.2) is 0 Å². The minimum Gasteiger partial charge on any atom is -0.496 e. The Bertz CT molecular complexity index is 742. The van der Waals surface area contributed by atoms with Gasteiger partial charge < -0.3 is 26.2 Å². The molecule has 6 nitrogen and oxygen atoms in total. The highest BCUT2D eigenvalue weighted by atomic mass is 16.5. The Morgan fingerprint density at radius 1 is 1.19 bits per heavy atom. The summed E-state index contributed by atoms with van der Waals surface area (Å²) in [4.78, 5) is 11.8. The number of nitrogens with two attached hydrogens (primary N) is 1.